The molecule has 92 valence electrons. The molecule has 0 aliphatic rings. The van der Waals surface area contributed by atoms with Gasteiger partial charge in [0.1, 0.15) is 17.0 Å². The van der Waals surface area contributed by atoms with Gasteiger partial charge < -0.3 is 5.32 Å². The van der Waals surface area contributed by atoms with Crippen LogP contribution in [-0.4, -0.2) is 27.6 Å². The fourth-order valence-corrected chi connectivity index (χ4v) is 1.48. The van der Waals surface area contributed by atoms with Gasteiger partial charge >= 0.3 is 0 Å². The van der Waals surface area contributed by atoms with Crippen LogP contribution in [0.5, 0.6) is 0 Å². The normalized spacial score (nSPS) is 10.3. The summed E-state index contributed by atoms with van der Waals surface area (Å²) in [5.74, 6) is -0.779. The predicted molar refractivity (Wildman–Crippen MR) is 64.5 cm³/mol. The first-order valence-electron chi connectivity index (χ1n) is 5.33. The zero-order valence-electron chi connectivity index (χ0n) is 9.71. The van der Waals surface area contributed by atoms with Gasteiger partial charge in [-0.05, 0) is 19.1 Å². The molecule has 0 aromatic carbocycles. The Morgan fingerprint density at radius 2 is 2.17 bits per heavy atom. The Bertz CT molecular complexity index is 676. The highest BCUT2D eigenvalue weighted by molar-refractivity contribution is 5.96. The van der Waals surface area contributed by atoms with Crippen LogP contribution in [0.3, 0.4) is 0 Å². The van der Waals surface area contributed by atoms with Crippen molar-refractivity contribution in [2.75, 3.05) is 6.54 Å². The van der Waals surface area contributed by atoms with E-state index in [1.54, 1.807) is 18.2 Å². The molecule has 2 aromatic rings. The number of rotatable bonds is 3. The zero-order chi connectivity index (χ0) is 13.1. The lowest BCUT2D eigenvalue weighted by Gasteiger charge is -2.04. The Labute approximate surface area is 102 Å². The van der Waals surface area contributed by atoms with E-state index in [-0.39, 0.29) is 17.9 Å². The van der Waals surface area contributed by atoms with Crippen LogP contribution in [-0.2, 0) is 4.79 Å². The maximum absolute atomic E-state index is 12.0. The molecule has 6 nitrogen and oxygen atoms in total. The summed E-state index contributed by atoms with van der Waals surface area (Å²) in [4.78, 5) is 38.5. The maximum atomic E-state index is 12.0. The Hall–Kier alpha value is -2.50. The number of nitrogens with zero attached hydrogens (tertiary/aromatic N) is 2. The lowest BCUT2D eigenvalue weighted by Crippen LogP contribution is -2.34. The number of ketones is 1. The van der Waals surface area contributed by atoms with E-state index in [0.29, 0.717) is 5.65 Å². The number of hydrogen-bond acceptors (Lipinski definition) is 4. The van der Waals surface area contributed by atoms with Gasteiger partial charge in [0.25, 0.3) is 11.5 Å². The molecule has 0 saturated carbocycles. The van der Waals surface area contributed by atoms with Gasteiger partial charge in [0.15, 0.2) is 0 Å². The van der Waals surface area contributed by atoms with E-state index < -0.39 is 11.5 Å². The third-order valence-electron chi connectivity index (χ3n) is 2.36. The maximum Gasteiger partial charge on any atom is 0.270 e. The van der Waals surface area contributed by atoms with Crippen LogP contribution < -0.4 is 10.9 Å². The fourth-order valence-electron chi connectivity index (χ4n) is 1.48. The van der Waals surface area contributed by atoms with Crippen LogP contribution in [0.15, 0.2) is 35.4 Å². The highest BCUT2D eigenvalue weighted by Crippen LogP contribution is 1.97. The third-order valence-corrected chi connectivity index (χ3v) is 2.36. The highest BCUT2D eigenvalue weighted by atomic mass is 16.2. The van der Waals surface area contributed by atoms with Crippen molar-refractivity contribution >= 4 is 17.3 Å². The number of carbonyl (C=O) groups excluding carboxylic acids is 2. The molecular weight excluding hydrogens is 234 g/mol. The van der Waals surface area contributed by atoms with Gasteiger partial charge in [0.2, 0.25) is 0 Å². The van der Waals surface area contributed by atoms with Gasteiger partial charge in [-0.2, -0.15) is 0 Å². The van der Waals surface area contributed by atoms with Crippen LogP contribution in [0, 0.1) is 0 Å². The first-order chi connectivity index (χ1) is 8.59. The van der Waals surface area contributed by atoms with Crippen LogP contribution in [0.2, 0.25) is 0 Å². The zero-order valence-corrected chi connectivity index (χ0v) is 9.71. The summed E-state index contributed by atoms with van der Waals surface area (Å²) >= 11 is 0. The Morgan fingerprint density at radius 3 is 2.89 bits per heavy atom. The minimum Gasteiger partial charge on any atom is -0.345 e. The van der Waals surface area contributed by atoms with Gasteiger partial charge in [-0.3, -0.25) is 18.8 Å². The van der Waals surface area contributed by atoms with E-state index in [1.165, 1.54) is 23.7 Å². The second-order valence-corrected chi connectivity index (χ2v) is 3.79. The monoisotopic (exact) mass is 245 g/mol. The Kier molecular flexibility index (Phi) is 3.18. The Morgan fingerprint density at radius 1 is 1.39 bits per heavy atom. The minimum absolute atomic E-state index is 0.0834. The van der Waals surface area contributed by atoms with Crippen LogP contribution in [0.4, 0.5) is 0 Å². The summed E-state index contributed by atoms with van der Waals surface area (Å²) in [5, 5.41) is 2.36. The minimum atomic E-state index is -0.596. The summed E-state index contributed by atoms with van der Waals surface area (Å²) in [6.07, 6.45) is 2.75. The molecule has 0 atom stereocenters. The van der Waals surface area contributed by atoms with Gasteiger partial charge in [-0.1, -0.05) is 6.07 Å². The number of pyridine rings is 1. The molecule has 0 fully saturated rings. The quantitative estimate of drug-likeness (QED) is 0.826. The van der Waals surface area contributed by atoms with Crippen molar-refractivity contribution in [2.45, 2.75) is 6.92 Å². The van der Waals surface area contributed by atoms with Gasteiger partial charge in [-0.15, -0.1) is 0 Å². The van der Waals surface area contributed by atoms with Crippen molar-refractivity contribution in [1.29, 1.82) is 0 Å². The van der Waals surface area contributed by atoms with Crippen molar-refractivity contribution in [1.82, 2.24) is 14.7 Å². The number of amides is 1. The van der Waals surface area contributed by atoms with Crippen molar-refractivity contribution < 1.29 is 9.59 Å². The molecule has 0 saturated heterocycles. The number of aromatic nitrogens is 2. The van der Waals surface area contributed by atoms with Gasteiger partial charge in [-0.25, -0.2) is 4.98 Å². The number of nitrogens with one attached hydrogen (secondary N) is 1. The smallest absolute Gasteiger partial charge is 0.270 e. The van der Waals surface area contributed by atoms with E-state index >= 15 is 0 Å². The van der Waals surface area contributed by atoms with Gasteiger partial charge in [0, 0.05) is 12.4 Å². The number of hydrogen-bond donors (Lipinski definition) is 1. The van der Waals surface area contributed by atoms with E-state index in [9.17, 15) is 14.4 Å². The van der Waals surface area contributed by atoms with Crippen molar-refractivity contribution in [3.8, 4) is 0 Å². The second-order valence-electron chi connectivity index (χ2n) is 3.79. The molecule has 0 spiro atoms. The summed E-state index contributed by atoms with van der Waals surface area (Å²) in [7, 11) is 0. The van der Waals surface area contributed by atoms with E-state index in [2.05, 4.69) is 10.3 Å². The number of carbonyl (C=O) groups is 2. The Balaban J connectivity index is 2.40. The lowest BCUT2D eigenvalue weighted by atomic mass is 10.3. The fraction of sp³-hybridized carbons (Fsp3) is 0.167. The second kappa shape index (κ2) is 4.79. The SMILES string of the molecule is CC(=O)CNC(=O)c1cnc2ccccn2c1=O. The molecule has 2 aromatic heterocycles. The van der Waals surface area contributed by atoms with Crippen molar-refractivity contribution in [3.63, 3.8) is 0 Å². The highest BCUT2D eigenvalue weighted by Gasteiger charge is 2.12. The molecule has 0 bridgehead atoms. The van der Waals surface area contributed by atoms with Crippen LogP contribution >= 0.6 is 0 Å². The number of fused-ring (bicyclic) bond motifs is 1. The molecular formula is C12H11N3O3. The predicted octanol–water partition coefficient (Wildman–Crippen LogP) is 0.0133. The van der Waals surface area contributed by atoms with Crippen LogP contribution in [0.1, 0.15) is 17.3 Å². The standard InChI is InChI=1S/C12H11N3O3/c1-8(16)6-14-11(17)9-7-13-10-4-2-3-5-15(10)12(9)18/h2-5,7H,6H2,1H3,(H,14,17). The average Bonchev–Trinajstić information content (AvgIpc) is 2.37. The number of Topliss-reactive ketones (excluding diaryl/α,β-unsaturated/α-hetero) is 1. The molecule has 0 aliphatic heterocycles. The van der Waals surface area contributed by atoms with E-state index in [4.69, 9.17) is 0 Å². The molecule has 1 N–H and O–H groups in total. The average molecular weight is 245 g/mol. The van der Waals surface area contributed by atoms with E-state index in [1.807, 2.05) is 0 Å². The topological polar surface area (TPSA) is 80.5 Å². The lowest BCUT2D eigenvalue weighted by molar-refractivity contribution is -0.116. The van der Waals surface area contributed by atoms with Crippen molar-refractivity contribution in [3.05, 3.63) is 46.5 Å². The molecule has 0 aliphatic carbocycles. The van der Waals surface area contributed by atoms with E-state index in [0.717, 1.165) is 0 Å². The summed E-state index contributed by atoms with van der Waals surface area (Å²) in [6.45, 7) is 1.25. The van der Waals surface area contributed by atoms with Crippen LogP contribution in [0.25, 0.3) is 5.65 Å². The molecule has 18 heavy (non-hydrogen) atoms. The summed E-state index contributed by atoms with van der Waals surface area (Å²) in [5.41, 5.74) is -0.0766. The molecule has 6 heteroatoms. The first-order valence-corrected chi connectivity index (χ1v) is 5.33. The van der Waals surface area contributed by atoms with Crippen molar-refractivity contribution in [2.24, 2.45) is 0 Å². The summed E-state index contributed by atoms with van der Waals surface area (Å²) in [6, 6.07) is 5.09. The molecule has 1 amide bonds. The molecule has 0 radical (unpaired) electrons. The third kappa shape index (κ3) is 2.27. The molecule has 0 unspecified atom stereocenters. The largest absolute Gasteiger partial charge is 0.345 e. The summed E-state index contributed by atoms with van der Waals surface area (Å²) < 4.78 is 1.28. The first kappa shape index (κ1) is 12.0. The van der Waals surface area contributed by atoms with Gasteiger partial charge in [0.05, 0.1) is 6.54 Å². The molecule has 2 rings (SSSR count). The molecule has 2 heterocycles.